The molecule has 88 valence electrons. The van der Waals surface area contributed by atoms with Crippen LogP contribution in [0.25, 0.3) is 0 Å². The number of aliphatic hydroxyl groups is 1. The first-order valence-electron chi connectivity index (χ1n) is 4.45. The number of carbonyl (C=O) groups excluding carboxylic acids is 1. The van der Waals surface area contributed by atoms with Crippen LogP contribution < -0.4 is 0 Å². The fraction of sp³-hybridized carbons (Fsp3) is 0.300. The predicted molar refractivity (Wildman–Crippen MR) is 61.5 cm³/mol. The van der Waals surface area contributed by atoms with Crippen molar-refractivity contribution < 1.29 is 18.3 Å². The van der Waals surface area contributed by atoms with E-state index >= 15 is 0 Å². The maximum absolute atomic E-state index is 11.8. The molecule has 0 bridgehead atoms. The van der Waals surface area contributed by atoms with E-state index in [1.54, 1.807) is 0 Å². The molecule has 16 heavy (non-hydrogen) atoms. The van der Waals surface area contributed by atoms with Gasteiger partial charge in [0.1, 0.15) is 5.25 Å². The van der Waals surface area contributed by atoms with E-state index in [1.165, 1.54) is 24.3 Å². The summed E-state index contributed by atoms with van der Waals surface area (Å²) in [5.41, 5.74) is 0.217. The van der Waals surface area contributed by atoms with E-state index in [-0.39, 0.29) is 5.56 Å². The highest BCUT2D eigenvalue weighted by atomic mass is 35.5. The Kier molecular flexibility index (Phi) is 4.07. The van der Waals surface area contributed by atoms with E-state index in [0.29, 0.717) is 5.02 Å². The maximum atomic E-state index is 11.8. The summed E-state index contributed by atoms with van der Waals surface area (Å²) in [7, 11) is -3.61. The second-order valence-corrected chi connectivity index (χ2v) is 6.04. The molecule has 6 heteroatoms. The molecule has 0 aliphatic carbocycles. The van der Waals surface area contributed by atoms with E-state index in [4.69, 9.17) is 16.7 Å². The van der Waals surface area contributed by atoms with Crippen LogP contribution in [0.3, 0.4) is 0 Å². The van der Waals surface area contributed by atoms with Crippen LogP contribution >= 0.6 is 11.6 Å². The summed E-state index contributed by atoms with van der Waals surface area (Å²) in [6.07, 6.45) is 0.918. The van der Waals surface area contributed by atoms with E-state index in [2.05, 4.69) is 0 Å². The Balaban J connectivity index is 3.06. The average molecular weight is 263 g/mol. The molecule has 1 atom stereocenters. The molecule has 0 fully saturated rings. The third-order valence-electron chi connectivity index (χ3n) is 2.10. The van der Waals surface area contributed by atoms with Gasteiger partial charge in [0, 0.05) is 16.8 Å². The van der Waals surface area contributed by atoms with Gasteiger partial charge >= 0.3 is 0 Å². The number of benzene rings is 1. The summed E-state index contributed by atoms with van der Waals surface area (Å²) in [5, 5.41) is 7.97. The lowest BCUT2D eigenvalue weighted by molar-refractivity contribution is 0.0962. The summed E-state index contributed by atoms with van der Waals surface area (Å²) in [5.74, 6) is -0.623. The Labute approximate surface area is 98.8 Å². The molecule has 1 aromatic carbocycles. The SMILES string of the molecule is CS(=O)(=O)C(CO)C(=O)c1ccc(Cl)cc1. The van der Waals surface area contributed by atoms with E-state index < -0.39 is 27.5 Å². The minimum Gasteiger partial charge on any atom is -0.395 e. The van der Waals surface area contributed by atoms with Crippen molar-refractivity contribution >= 4 is 27.2 Å². The second-order valence-electron chi connectivity index (χ2n) is 3.37. The van der Waals surface area contributed by atoms with Gasteiger partial charge in [-0.2, -0.15) is 0 Å². The molecule has 1 unspecified atom stereocenters. The van der Waals surface area contributed by atoms with Gasteiger partial charge in [-0.05, 0) is 24.3 Å². The minimum absolute atomic E-state index is 0.217. The molecule has 0 aromatic heterocycles. The number of halogens is 1. The summed E-state index contributed by atoms with van der Waals surface area (Å²) in [6, 6.07) is 5.84. The van der Waals surface area contributed by atoms with Gasteiger partial charge in [0.15, 0.2) is 15.6 Å². The van der Waals surface area contributed by atoms with Gasteiger partial charge in [-0.3, -0.25) is 4.79 Å². The molecule has 1 N–H and O–H groups in total. The highest BCUT2D eigenvalue weighted by Crippen LogP contribution is 2.13. The van der Waals surface area contributed by atoms with Crippen LogP contribution in [0.15, 0.2) is 24.3 Å². The summed E-state index contributed by atoms with van der Waals surface area (Å²) in [4.78, 5) is 11.8. The fourth-order valence-corrected chi connectivity index (χ4v) is 2.13. The van der Waals surface area contributed by atoms with Gasteiger partial charge in [0.05, 0.1) is 6.61 Å². The van der Waals surface area contributed by atoms with Gasteiger partial charge in [-0.15, -0.1) is 0 Å². The number of Topliss-reactive ketones (excluding diaryl/α,β-unsaturated/α-hetero) is 1. The Morgan fingerprint density at radius 3 is 2.25 bits per heavy atom. The van der Waals surface area contributed by atoms with Crippen molar-refractivity contribution in [3.8, 4) is 0 Å². The largest absolute Gasteiger partial charge is 0.395 e. The lowest BCUT2D eigenvalue weighted by Gasteiger charge is -2.10. The van der Waals surface area contributed by atoms with Crippen LogP contribution in [-0.2, 0) is 9.84 Å². The Bertz CT molecular complexity index is 478. The molecule has 1 rings (SSSR count). The normalized spacial score (nSPS) is 13.4. The molecular weight excluding hydrogens is 252 g/mol. The zero-order valence-corrected chi connectivity index (χ0v) is 10.1. The number of sulfone groups is 1. The van der Waals surface area contributed by atoms with Crippen LogP contribution in [0, 0.1) is 0 Å². The van der Waals surface area contributed by atoms with Gasteiger partial charge in [0.25, 0.3) is 0 Å². The Morgan fingerprint density at radius 1 is 1.38 bits per heavy atom. The summed E-state index contributed by atoms with van der Waals surface area (Å²) in [6.45, 7) is -0.722. The molecule has 4 nitrogen and oxygen atoms in total. The van der Waals surface area contributed by atoms with Gasteiger partial charge in [0.2, 0.25) is 0 Å². The van der Waals surface area contributed by atoms with Crippen LogP contribution in [0.4, 0.5) is 0 Å². The summed E-state index contributed by atoms with van der Waals surface area (Å²) >= 11 is 5.64. The third kappa shape index (κ3) is 3.04. The quantitative estimate of drug-likeness (QED) is 0.820. The fourth-order valence-electron chi connectivity index (χ4n) is 1.21. The van der Waals surface area contributed by atoms with Crippen LogP contribution in [-0.4, -0.2) is 37.4 Å². The van der Waals surface area contributed by atoms with Gasteiger partial charge in [-0.25, -0.2) is 8.42 Å². The predicted octanol–water partition coefficient (Wildman–Crippen LogP) is 0.928. The number of aliphatic hydroxyl groups excluding tert-OH is 1. The maximum Gasteiger partial charge on any atom is 0.183 e. The zero-order valence-electron chi connectivity index (χ0n) is 8.55. The first-order valence-corrected chi connectivity index (χ1v) is 6.79. The number of ketones is 1. The molecule has 0 aliphatic rings. The molecule has 0 radical (unpaired) electrons. The number of hydrogen-bond acceptors (Lipinski definition) is 4. The molecule has 0 amide bonds. The number of hydrogen-bond donors (Lipinski definition) is 1. The van der Waals surface area contributed by atoms with Crippen molar-refractivity contribution in [2.45, 2.75) is 5.25 Å². The minimum atomic E-state index is -3.61. The van der Waals surface area contributed by atoms with Crippen LogP contribution in [0.2, 0.25) is 5.02 Å². The molecule has 1 aromatic rings. The molecular formula is C10H11ClO4S. The molecule has 0 heterocycles. The number of rotatable bonds is 4. The first-order chi connectivity index (χ1) is 7.36. The lowest BCUT2D eigenvalue weighted by atomic mass is 10.1. The van der Waals surface area contributed by atoms with Gasteiger partial charge < -0.3 is 5.11 Å². The van der Waals surface area contributed by atoms with Crippen LogP contribution in [0.5, 0.6) is 0 Å². The average Bonchev–Trinajstić information content (AvgIpc) is 2.17. The molecule has 0 aliphatic heterocycles. The van der Waals surface area contributed by atoms with Crippen molar-refractivity contribution in [1.82, 2.24) is 0 Å². The molecule has 0 saturated carbocycles. The van der Waals surface area contributed by atoms with E-state index in [0.717, 1.165) is 6.26 Å². The van der Waals surface area contributed by atoms with Gasteiger partial charge in [-0.1, -0.05) is 11.6 Å². The highest BCUT2D eigenvalue weighted by molar-refractivity contribution is 7.92. The topological polar surface area (TPSA) is 71.4 Å². The van der Waals surface area contributed by atoms with Crippen molar-refractivity contribution in [3.05, 3.63) is 34.9 Å². The standard InChI is InChI=1S/C10H11ClO4S/c1-16(14,15)9(6-12)10(13)7-2-4-8(11)5-3-7/h2-5,9,12H,6H2,1H3. The lowest BCUT2D eigenvalue weighted by Crippen LogP contribution is -2.33. The number of carbonyl (C=O) groups is 1. The molecule has 0 saturated heterocycles. The van der Waals surface area contributed by atoms with Crippen molar-refractivity contribution in [2.75, 3.05) is 12.9 Å². The monoisotopic (exact) mass is 262 g/mol. The summed E-state index contributed by atoms with van der Waals surface area (Å²) < 4.78 is 22.5. The first kappa shape index (κ1) is 13.2. The smallest absolute Gasteiger partial charge is 0.183 e. The zero-order chi connectivity index (χ0) is 12.3. The highest BCUT2D eigenvalue weighted by Gasteiger charge is 2.28. The van der Waals surface area contributed by atoms with E-state index in [9.17, 15) is 13.2 Å². The Morgan fingerprint density at radius 2 is 1.88 bits per heavy atom. The third-order valence-corrected chi connectivity index (χ3v) is 3.75. The molecule has 0 spiro atoms. The van der Waals surface area contributed by atoms with Crippen molar-refractivity contribution in [1.29, 1.82) is 0 Å². The van der Waals surface area contributed by atoms with Crippen LogP contribution in [0.1, 0.15) is 10.4 Å². The second kappa shape index (κ2) is 4.95. The van der Waals surface area contributed by atoms with Crippen molar-refractivity contribution in [3.63, 3.8) is 0 Å². The van der Waals surface area contributed by atoms with Crippen molar-refractivity contribution in [2.24, 2.45) is 0 Å². The van der Waals surface area contributed by atoms with E-state index in [1.807, 2.05) is 0 Å². The Hall–Kier alpha value is -0.910.